The molecule has 1 saturated heterocycles. The normalized spacial score (nSPS) is 26.0. The van der Waals surface area contributed by atoms with Crippen molar-refractivity contribution in [3.05, 3.63) is 70.5 Å². The lowest BCUT2D eigenvalue weighted by Crippen LogP contribution is -2.23. The van der Waals surface area contributed by atoms with Gasteiger partial charge in [0.15, 0.2) is 0 Å². The zero-order valence-corrected chi connectivity index (χ0v) is 12.7. The molecule has 4 rings (SSSR count). The van der Waals surface area contributed by atoms with Gasteiger partial charge in [0, 0.05) is 12.5 Å². The van der Waals surface area contributed by atoms with Crippen LogP contribution in [0, 0.1) is 5.82 Å². The largest absolute Gasteiger partial charge is 0.368 e. The molecule has 2 aliphatic rings. The topological polar surface area (TPSA) is 21.3 Å². The molecule has 0 aromatic heterocycles. The summed E-state index contributed by atoms with van der Waals surface area (Å²) in [4.78, 5) is 0. The van der Waals surface area contributed by atoms with Crippen LogP contribution in [0.5, 0.6) is 0 Å². The number of fused-ring (bicyclic) bond motifs is 5. The van der Waals surface area contributed by atoms with E-state index in [2.05, 4.69) is 29.6 Å². The average Bonchev–Trinajstić information content (AvgIpc) is 2.89. The van der Waals surface area contributed by atoms with Gasteiger partial charge >= 0.3 is 0 Å². The van der Waals surface area contributed by atoms with Gasteiger partial charge in [-0.3, -0.25) is 0 Å². The number of likely N-dealkylation sites (N-methyl/N-ethyl adjacent to an activating group) is 1. The van der Waals surface area contributed by atoms with Crippen LogP contribution in [-0.2, 0) is 11.2 Å². The monoisotopic (exact) mass is 297 g/mol. The third-order valence-corrected chi connectivity index (χ3v) is 4.90. The molecule has 0 spiro atoms. The second-order valence-electron chi connectivity index (χ2n) is 6.30. The minimum absolute atomic E-state index is 0.0345. The van der Waals surface area contributed by atoms with Gasteiger partial charge in [0.1, 0.15) is 5.82 Å². The van der Waals surface area contributed by atoms with E-state index in [-0.39, 0.29) is 18.0 Å². The molecule has 0 bridgehead atoms. The first-order valence-electron chi connectivity index (χ1n) is 7.92. The Bertz CT molecular complexity index is 700. The van der Waals surface area contributed by atoms with Gasteiger partial charge in [0.25, 0.3) is 0 Å². The number of halogens is 1. The Labute approximate surface area is 130 Å². The van der Waals surface area contributed by atoms with Gasteiger partial charge < -0.3 is 10.1 Å². The predicted molar refractivity (Wildman–Crippen MR) is 84.5 cm³/mol. The van der Waals surface area contributed by atoms with Gasteiger partial charge in [-0.1, -0.05) is 30.3 Å². The molecule has 2 nitrogen and oxygen atoms in total. The van der Waals surface area contributed by atoms with Gasteiger partial charge in [-0.25, -0.2) is 4.39 Å². The molecule has 1 aliphatic carbocycles. The summed E-state index contributed by atoms with van der Waals surface area (Å²) < 4.78 is 20.1. The quantitative estimate of drug-likeness (QED) is 0.915. The van der Waals surface area contributed by atoms with E-state index in [0.717, 1.165) is 24.9 Å². The summed E-state index contributed by atoms with van der Waals surface area (Å²) in [7, 11) is 1.94. The lowest BCUT2D eigenvalue weighted by atomic mass is 9.87. The zero-order valence-electron chi connectivity index (χ0n) is 12.7. The van der Waals surface area contributed by atoms with E-state index in [1.807, 2.05) is 13.1 Å². The van der Waals surface area contributed by atoms with E-state index in [1.165, 1.54) is 16.7 Å². The molecule has 1 heterocycles. The van der Waals surface area contributed by atoms with Gasteiger partial charge in [-0.05, 0) is 54.3 Å². The SMILES string of the molecule is CNC[C@@H]1C[C@H]2c3ccccc3Cc3ccc(F)cc3[C@H]2O1. The molecule has 22 heavy (non-hydrogen) atoms. The summed E-state index contributed by atoms with van der Waals surface area (Å²) >= 11 is 0. The minimum Gasteiger partial charge on any atom is -0.368 e. The fourth-order valence-electron chi connectivity index (χ4n) is 3.96. The Morgan fingerprint density at radius 2 is 1.95 bits per heavy atom. The molecule has 1 fully saturated rings. The van der Waals surface area contributed by atoms with Crippen molar-refractivity contribution in [1.82, 2.24) is 5.32 Å². The number of benzene rings is 2. The van der Waals surface area contributed by atoms with E-state index >= 15 is 0 Å². The molecule has 3 atom stereocenters. The van der Waals surface area contributed by atoms with Crippen LogP contribution in [0.15, 0.2) is 42.5 Å². The maximum absolute atomic E-state index is 13.8. The Hall–Kier alpha value is -1.71. The molecule has 0 amide bonds. The van der Waals surface area contributed by atoms with Gasteiger partial charge in [-0.2, -0.15) is 0 Å². The van der Waals surface area contributed by atoms with Crippen LogP contribution in [0.2, 0.25) is 0 Å². The van der Waals surface area contributed by atoms with Crippen molar-refractivity contribution < 1.29 is 9.13 Å². The Balaban J connectivity index is 1.84. The van der Waals surface area contributed by atoms with E-state index < -0.39 is 0 Å². The van der Waals surface area contributed by atoms with Crippen molar-refractivity contribution in [2.75, 3.05) is 13.6 Å². The lowest BCUT2D eigenvalue weighted by molar-refractivity contribution is 0.0417. The molecule has 0 radical (unpaired) electrons. The third kappa shape index (κ3) is 2.25. The molecule has 2 aromatic carbocycles. The van der Waals surface area contributed by atoms with Crippen LogP contribution in [0.25, 0.3) is 0 Å². The highest BCUT2D eigenvalue weighted by Gasteiger charge is 2.40. The fraction of sp³-hybridized carbons (Fsp3) is 0.368. The summed E-state index contributed by atoms with van der Waals surface area (Å²) in [6, 6.07) is 13.7. The number of rotatable bonds is 2. The summed E-state index contributed by atoms with van der Waals surface area (Å²) in [6.07, 6.45) is 1.99. The molecule has 1 aliphatic heterocycles. The fourth-order valence-corrected chi connectivity index (χ4v) is 3.96. The zero-order chi connectivity index (χ0) is 15.1. The number of ether oxygens (including phenoxy) is 1. The van der Waals surface area contributed by atoms with Crippen LogP contribution in [0.1, 0.15) is 40.7 Å². The van der Waals surface area contributed by atoms with E-state index in [0.29, 0.717) is 5.92 Å². The second-order valence-corrected chi connectivity index (χ2v) is 6.30. The highest BCUT2D eigenvalue weighted by Crippen LogP contribution is 2.49. The molecular weight excluding hydrogens is 277 g/mol. The van der Waals surface area contributed by atoms with E-state index in [1.54, 1.807) is 12.1 Å². The molecule has 1 N–H and O–H groups in total. The van der Waals surface area contributed by atoms with Crippen molar-refractivity contribution in [1.29, 1.82) is 0 Å². The number of hydrogen-bond acceptors (Lipinski definition) is 2. The van der Waals surface area contributed by atoms with Crippen molar-refractivity contribution in [2.45, 2.75) is 31.0 Å². The molecule has 0 saturated carbocycles. The highest BCUT2D eigenvalue weighted by atomic mass is 19.1. The molecular formula is C19H20FNO. The Morgan fingerprint density at radius 3 is 2.82 bits per heavy atom. The number of hydrogen-bond donors (Lipinski definition) is 1. The van der Waals surface area contributed by atoms with Crippen LogP contribution in [-0.4, -0.2) is 19.7 Å². The summed E-state index contributed by atoms with van der Waals surface area (Å²) in [6.45, 7) is 0.833. The predicted octanol–water partition coefficient (Wildman–Crippen LogP) is 3.56. The Kier molecular flexibility index (Phi) is 3.47. The van der Waals surface area contributed by atoms with Crippen molar-refractivity contribution in [2.24, 2.45) is 0 Å². The smallest absolute Gasteiger partial charge is 0.123 e. The first kappa shape index (κ1) is 13.9. The van der Waals surface area contributed by atoms with Crippen molar-refractivity contribution in [3.8, 4) is 0 Å². The molecule has 3 heteroatoms. The van der Waals surface area contributed by atoms with Crippen LogP contribution in [0.4, 0.5) is 4.39 Å². The van der Waals surface area contributed by atoms with Gasteiger partial charge in [0.05, 0.1) is 12.2 Å². The standard InChI is InChI=1S/C19H20FNO/c1-21-11-15-10-18-16-5-3-2-4-12(16)8-13-6-7-14(20)9-17(13)19(18)22-15/h2-7,9,15,18-19,21H,8,10-11H2,1H3/t15-,18-,19+/m0/s1. The van der Waals surface area contributed by atoms with Crippen LogP contribution in [0.3, 0.4) is 0 Å². The molecule has 2 aromatic rings. The second kappa shape index (κ2) is 5.49. The maximum atomic E-state index is 13.8. The average molecular weight is 297 g/mol. The third-order valence-electron chi connectivity index (χ3n) is 4.90. The van der Waals surface area contributed by atoms with Crippen molar-refractivity contribution >= 4 is 0 Å². The molecule has 114 valence electrons. The maximum Gasteiger partial charge on any atom is 0.123 e. The number of nitrogens with one attached hydrogen (secondary N) is 1. The van der Waals surface area contributed by atoms with E-state index in [9.17, 15) is 4.39 Å². The first-order valence-corrected chi connectivity index (χ1v) is 7.92. The summed E-state index contributed by atoms with van der Waals surface area (Å²) in [5.41, 5.74) is 4.92. The Morgan fingerprint density at radius 1 is 1.14 bits per heavy atom. The van der Waals surface area contributed by atoms with Crippen molar-refractivity contribution in [3.63, 3.8) is 0 Å². The lowest BCUT2D eigenvalue weighted by Gasteiger charge is -2.19. The van der Waals surface area contributed by atoms with Crippen LogP contribution < -0.4 is 5.32 Å². The molecule has 0 unspecified atom stereocenters. The summed E-state index contributed by atoms with van der Waals surface area (Å²) in [5.74, 6) is 0.140. The van der Waals surface area contributed by atoms with Crippen LogP contribution >= 0.6 is 0 Å². The van der Waals surface area contributed by atoms with Gasteiger partial charge in [0.2, 0.25) is 0 Å². The summed E-state index contributed by atoms with van der Waals surface area (Å²) in [5, 5.41) is 3.20. The highest BCUT2D eigenvalue weighted by molar-refractivity contribution is 5.45. The first-order chi connectivity index (χ1) is 10.8. The van der Waals surface area contributed by atoms with E-state index in [4.69, 9.17) is 4.74 Å². The van der Waals surface area contributed by atoms with Gasteiger partial charge in [-0.15, -0.1) is 0 Å². The minimum atomic E-state index is -0.177.